The number of carbonyl (C=O) groups excluding carboxylic acids is 1. The summed E-state index contributed by atoms with van der Waals surface area (Å²) in [5.74, 6) is 0.361. The second-order valence-electron chi connectivity index (χ2n) is 5.73. The number of nitrogens with two attached hydrogens (primary N) is 1. The molecule has 116 valence electrons. The zero-order valence-corrected chi connectivity index (χ0v) is 12.5. The number of primary amides is 1. The fraction of sp³-hybridized carbons (Fsp3) is 0.353. The highest BCUT2D eigenvalue weighted by atomic mass is 19.1. The van der Waals surface area contributed by atoms with E-state index in [0.717, 1.165) is 22.1 Å². The maximum atomic E-state index is 13.6. The Kier molecular flexibility index (Phi) is 3.98. The van der Waals surface area contributed by atoms with Gasteiger partial charge >= 0.3 is 0 Å². The molecule has 0 bridgehead atoms. The number of fused-ring (bicyclic) bond motifs is 1. The van der Waals surface area contributed by atoms with Gasteiger partial charge in [0.15, 0.2) is 0 Å². The van der Waals surface area contributed by atoms with Crippen LogP contribution in [0.1, 0.15) is 12.0 Å². The lowest BCUT2D eigenvalue weighted by Gasteiger charge is -2.21. The standard InChI is InChI=1S/C17H19FN2O2/c1-22-15-5-4-12-6-11(2-3-13(12)7-15)9-20-10-14(18)8-16(20)17(19)21/h2-7,14,16H,8-10H2,1H3,(H2,19,21)/t14-,16+/m1/s1. The number of halogens is 1. The summed E-state index contributed by atoms with van der Waals surface area (Å²) in [6.07, 6.45) is -0.790. The van der Waals surface area contributed by atoms with Crippen LogP contribution >= 0.6 is 0 Å². The van der Waals surface area contributed by atoms with E-state index in [9.17, 15) is 9.18 Å². The Bertz CT molecular complexity index is 704. The molecule has 5 heteroatoms. The summed E-state index contributed by atoms with van der Waals surface area (Å²) in [4.78, 5) is 13.2. The number of ether oxygens (including phenoxy) is 1. The molecule has 2 N–H and O–H groups in total. The van der Waals surface area contributed by atoms with E-state index in [1.165, 1.54) is 0 Å². The van der Waals surface area contributed by atoms with Gasteiger partial charge in [-0.25, -0.2) is 4.39 Å². The molecule has 0 unspecified atom stereocenters. The van der Waals surface area contributed by atoms with Crippen molar-refractivity contribution in [2.75, 3.05) is 13.7 Å². The number of benzene rings is 2. The summed E-state index contributed by atoms with van der Waals surface area (Å²) in [5.41, 5.74) is 6.41. The normalized spacial score (nSPS) is 22.1. The summed E-state index contributed by atoms with van der Waals surface area (Å²) < 4.78 is 18.8. The second-order valence-corrected chi connectivity index (χ2v) is 5.73. The zero-order chi connectivity index (χ0) is 15.7. The molecule has 1 saturated heterocycles. The minimum atomic E-state index is -0.984. The molecule has 0 saturated carbocycles. The molecule has 2 atom stereocenters. The number of methoxy groups -OCH3 is 1. The zero-order valence-electron chi connectivity index (χ0n) is 12.5. The van der Waals surface area contributed by atoms with Crippen LogP contribution in [0.5, 0.6) is 5.75 Å². The van der Waals surface area contributed by atoms with Crippen LogP contribution in [0.2, 0.25) is 0 Å². The van der Waals surface area contributed by atoms with Crippen LogP contribution in [-0.2, 0) is 11.3 Å². The van der Waals surface area contributed by atoms with Crippen LogP contribution < -0.4 is 10.5 Å². The van der Waals surface area contributed by atoms with Gasteiger partial charge in [0.2, 0.25) is 5.91 Å². The van der Waals surface area contributed by atoms with E-state index in [2.05, 4.69) is 6.07 Å². The fourth-order valence-electron chi connectivity index (χ4n) is 3.05. The Morgan fingerprint density at radius 2 is 2.05 bits per heavy atom. The molecule has 0 radical (unpaired) electrons. The number of likely N-dealkylation sites (tertiary alicyclic amines) is 1. The molecule has 2 aromatic rings. The van der Waals surface area contributed by atoms with Crippen molar-refractivity contribution in [3.63, 3.8) is 0 Å². The Balaban J connectivity index is 1.83. The highest BCUT2D eigenvalue weighted by Gasteiger charge is 2.35. The highest BCUT2D eigenvalue weighted by Crippen LogP contribution is 2.25. The van der Waals surface area contributed by atoms with Crippen LogP contribution in [0.4, 0.5) is 4.39 Å². The van der Waals surface area contributed by atoms with Crippen LogP contribution in [0.15, 0.2) is 36.4 Å². The minimum Gasteiger partial charge on any atom is -0.497 e. The molecule has 1 aliphatic rings. The van der Waals surface area contributed by atoms with E-state index < -0.39 is 18.1 Å². The van der Waals surface area contributed by atoms with E-state index in [1.54, 1.807) is 7.11 Å². The third-order valence-corrected chi connectivity index (χ3v) is 4.18. The summed E-state index contributed by atoms with van der Waals surface area (Å²) in [7, 11) is 1.64. The van der Waals surface area contributed by atoms with E-state index >= 15 is 0 Å². The molecule has 0 aliphatic carbocycles. The van der Waals surface area contributed by atoms with Gasteiger partial charge in [-0.2, -0.15) is 0 Å². The SMILES string of the molecule is COc1ccc2cc(CN3C[C@H](F)C[C@H]3C(N)=O)ccc2c1. The Morgan fingerprint density at radius 1 is 1.32 bits per heavy atom. The molecule has 0 spiro atoms. The van der Waals surface area contributed by atoms with Crippen molar-refractivity contribution in [2.24, 2.45) is 5.73 Å². The molecular weight excluding hydrogens is 283 g/mol. The van der Waals surface area contributed by atoms with Crippen molar-refractivity contribution in [3.05, 3.63) is 42.0 Å². The maximum absolute atomic E-state index is 13.6. The smallest absolute Gasteiger partial charge is 0.234 e. The highest BCUT2D eigenvalue weighted by molar-refractivity contribution is 5.84. The topological polar surface area (TPSA) is 55.6 Å². The summed E-state index contributed by atoms with van der Waals surface area (Å²) in [6, 6.07) is 11.4. The van der Waals surface area contributed by atoms with Gasteiger partial charge in [0.1, 0.15) is 11.9 Å². The number of hydrogen-bond acceptors (Lipinski definition) is 3. The van der Waals surface area contributed by atoms with Crippen molar-refractivity contribution in [3.8, 4) is 5.75 Å². The first-order valence-electron chi connectivity index (χ1n) is 7.31. The van der Waals surface area contributed by atoms with Gasteiger partial charge in [-0.1, -0.05) is 18.2 Å². The molecule has 1 amide bonds. The molecule has 1 heterocycles. The van der Waals surface area contributed by atoms with Crippen molar-refractivity contribution in [1.29, 1.82) is 0 Å². The van der Waals surface area contributed by atoms with Gasteiger partial charge in [0, 0.05) is 19.5 Å². The second kappa shape index (κ2) is 5.93. The summed E-state index contributed by atoms with van der Waals surface area (Å²) in [6.45, 7) is 0.782. The molecule has 22 heavy (non-hydrogen) atoms. The van der Waals surface area contributed by atoms with Crippen LogP contribution in [-0.4, -0.2) is 36.7 Å². The molecular formula is C17H19FN2O2. The minimum absolute atomic E-state index is 0.195. The third kappa shape index (κ3) is 2.90. The van der Waals surface area contributed by atoms with E-state index in [-0.39, 0.29) is 13.0 Å². The van der Waals surface area contributed by atoms with E-state index in [4.69, 9.17) is 10.5 Å². The average molecular weight is 302 g/mol. The number of carbonyl (C=O) groups is 1. The Labute approximate surface area is 128 Å². The molecule has 0 aromatic heterocycles. The van der Waals surface area contributed by atoms with Crippen molar-refractivity contribution < 1.29 is 13.9 Å². The number of hydrogen-bond donors (Lipinski definition) is 1. The molecule has 3 rings (SSSR count). The lowest BCUT2D eigenvalue weighted by atomic mass is 10.1. The van der Waals surface area contributed by atoms with Crippen molar-refractivity contribution in [2.45, 2.75) is 25.2 Å². The van der Waals surface area contributed by atoms with E-state index in [0.29, 0.717) is 6.54 Å². The molecule has 1 fully saturated rings. The lowest BCUT2D eigenvalue weighted by molar-refractivity contribution is -0.122. The van der Waals surface area contributed by atoms with Gasteiger partial charge in [-0.05, 0) is 34.5 Å². The summed E-state index contributed by atoms with van der Waals surface area (Å²) in [5, 5.41) is 2.17. The van der Waals surface area contributed by atoms with Crippen LogP contribution in [0.3, 0.4) is 0 Å². The molecule has 4 nitrogen and oxygen atoms in total. The Hall–Kier alpha value is -2.14. The van der Waals surface area contributed by atoms with Gasteiger partial charge in [0.25, 0.3) is 0 Å². The average Bonchev–Trinajstić information content (AvgIpc) is 2.87. The maximum Gasteiger partial charge on any atom is 0.234 e. The van der Waals surface area contributed by atoms with Gasteiger partial charge in [0.05, 0.1) is 13.2 Å². The Morgan fingerprint density at radius 3 is 2.77 bits per heavy atom. The molecule has 2 aromatic carbocycles. The lowest BCUT2D eigenvalue weighted by Crippen LogP contribution is -2.39. The molecule has 1 aliphatic heterocycles. The van der Waals surface area contributed by atoms with Crippen molar-refractivity contribution >= 4 is 16.7 Å². The van der Waals surface area contributed by atoms with Crippen molar-refractivity contribution in [1.82, 2.24) is 4.90 Å². The first kappa shape index (κ1) is 14.8. The summed E-state index contributed by atoms with van der Waals surface area (Å²) >= 11 is 0. The van der Waals surface area contributed by atoms with Gasteiger partial charge < -0.3 is 10.5 Å². The number of rotatable bonds is 4. The number of amides is 1. The quantitative estimate of drug-likeness (QED) is 0.942. The fourth-order valence-corrected chi connectivity index (χ4v) is 3.05. The van der Waals surface area contributed by atoms with Gasteiger partial charge in [-0.3, -0.25) is 9.69 Å². The predicted octanol–water partition coefficient (Wildman–Crippen LogP) is 2.25. The first-order chi connectivity index (χ1) is 10.6. The van der Waals surface area contributed by atoms with Gasteiger partial charge in [-0.15, -0.1) is 0 Å². The predicted molar refractivity (Wildman–Crippen MR) is 83.4 cm³/mol. The largest absolute Gasteiger partial charge is 0.497 e. The first-order valence-corrected chi connectivity index (χ1v) is 7.31. The van der Waals surface area contributed by atoms with Crippen LogP contribution in [0.25, 0.3) is 10.8 Å². The third-order valence-electron chi connectivity index (χ3n) is 4.18. The monoisotopic (exact) mass is 302 g/mol. The number of alkyl halides is 1. The van der Waals surface area contributed by atoms with E-state index in [1.807, 2.05) is 35.2 Å². The number of nitrogens with zero attached hydrogens (tertiary/aromatic N) is 1. The van der Waals surface area contributed by atoms with Crippen LogP contribution in [0, 0.1) is 0 Å².